The lowest BCUT2D eigenvalue weighted by Gasteiger charge is -2.33. The minimum absolute atomic E-state index is 0.0989. The molecule has 0 aromatic carbocycles. The second-order valence-corrected chi connectivity index (χ2v) is 3.65. The molecule has 2 aliphatic heterocycles. The average Bonchev–Trinajstić information content (AvgIpc) is 2.48. The zero-order valence-electron chi connectivity index (χ0n) is 7.45. The van der Waals surface area contributed by atoms with Crippen LogP contribution in [0.5, 0.6) is 0 Å². The Hall–Kier alpha value is -0.665. The van der Waals surface area contributed by atoms with Crippen molar-refractivity contribution in [1.29, 1.82) is 0 Å². The quantitative estimate of drug-likeness (QED) is 0.542. The monoisotopic (exact) mass is 167 g/mol. The number of cyclic esters (lactones) is 1. The van der Waals surface area contributed by atoms with Crippen molar-refractivity contribution >= 4 is 13.4 Å². The fraction of sp³-hybridized carbons (Fsp3) is 0.875. The minimum atomic E-state index is -0.0989. The highest BCUT2D eigenvalue weighted by Crippen LogP contribution is 2.31. The number of rotatable bonds is 1. The molecule has 2 atom stereocenters. The lowest BCUT2D eigenvalue weighted by atomic mass is 9.60. The lowest BCUT2D eigenvalue weighted by molar-refractivity contribution is 0.154. The molecule has 12 heavy (non-hydrogen) atoms. The number of hydrogen-bond donors (Lipinski definition) is 0. The molecule has 0 N–H and O–H groups in total. The van der Waals surface area contributed by atoms with E-state index in [-0.39, 0.29) is 6.09 Å². The zero-order valence-corrected chi connectivity index (χ0v) is 7.45. The van der Waals surface area contributed by atoms with E-state index in [4.69, 9.17) is 4.74 Å². The Morgan fingerprint density at radius 1 is 1.67 bits per heavy atom. The Morgan fingerprint density at radius 3 is 3.25 bits per heavy atom. The van der Waals surface area contributed by atoms with Crippen molar-refractivity contribution in [1.82, 2.24) is 4.90 Å². The molecule has 2 rings (SSSR count). The van der Waals surface area contributed by atoms with E-state index >= 15 is 0 Å². The molecule has 0 saturated carbocycles. The normalized spacial score (nSPS) is 34.4. The number of nitrogens with zero attached hydrogens (tertiary/aromatic N) is 1. The van der Waals surface area contributed by atoms with Crippen molar-refractivity contribution in [2.24, 2.45) is 0 Å². The number of hydrogen-bond acceptors (Lipinski definition) is 2. The highest BCUT2D eigenvalue weighted by molar-refractivity contribution is 6.36. The van der Waals surface area contributed by atoms with Crippen molar-refractivity contribution in [2.75, 3.05) is 13.2 Å². The Balaban J connectivity index is 2.09. The van der Waals surface area contributed by atoms with Gasteiger partial charge in [-0.25, -0.2) is 4.79 Å². The summed E-state index contributed by atoms with van der Waals surface area (Å²) in [5.74, 6) is 0.671. The molecule has 2 fully saturated rings. The Bertz CT molecular complexity index is 197. The van der Waals surface area contributed by atoms with Crippen LogP contribution in [0.1, 0.15) is 12.8 Å². The first-order valence-electron chi connectivity index (χ1n) is 4.76. The van der Waals surface area contributed by atoms with Crippen LogP contribution in [0.3, 0.4) is 0 Å². The molecule has 2 unspecified atom stereocenters. The molecule has 4 heteroatoms. The highest BCUT2D eigenvalue weighted by atomic mass is 16.6. The van der Waals surface area contributed by atoms with Gasteiger partial charge >= 0.3 is 6.09 Å². The summed E-state index contributed by atoms with van der Waals surface area (Å²) in [6.07, 6.45) is 2.30. The van der Waals surface area contributed by atoms with E-state index in [9.17, 15) is 4.79 Å². The highest BCUT2D eigenvalue weighted by Gasteiger charge is 2.39. The average molecular weight is 167 g/mol. The summed E-state index contributed by atoms with van der Waals surface area (Å²) in [6.45, 7) is 3.72. The summed E-state index contributed by atoms with van der Waals surface area (Å²) >= 11 is 0. The third-order valence-corrected chi connectivity index (χ3v) is 3.05. The van der Waals surface area contributed by atoms with Crippen LogP contribution in [0.2, 0.25) is 12.6 Å². The summed E-state index contributed by atoms with van der Waals surface area (Å²) < 4.78 is 5.02. The molecule has 0 bridgehead atoms. The predicted molar refractivity (Wildman–Crippen MR) is 47.8 cm³/mol. The van der Waals surface area contributed by atoms with E-state index in [0.29, 0.717) is 18.5 Å². The lowest BCUT2D eigenvalue weighted by Crippen LogP contribution is -2.42. The van der Waals surface area contributed by atoms with Gasteiger partial charge in [0.15, 0.2) is 0 Å². The van der Waals surface area contributed by atoms with Crippen molar-refractivity contribution in [2.45, 2.75) is 31.5 Å². The molecule has 2 heterocycles. The largest absolute Gasteiger partial charge is 0.447 e. The number of ether oxygens (including phenoxy) is 1. The fourth-order valence-corrected chi connectivity index (χ4v) is 2.31. The van der Waals surface area contributed by atoms with Crippen LogP contribution in [0.25, 0.3) is 0 Å². The SMILES string of the molecule is CBC1CCCN2C(=O)OCC12. The minimum Gasteiger partial charge on any atom is -0.447 e. The van der Waals surface area contributed by atoms with Gasteiger partial charge in [-0.1, -0.05) is 13.2 Å². The summed E-state index contributed by atoms with van der Waals surface area (Å²) in [7, 11) is 1.16. The maximum atomic E-state index is 11.2. The summed E-state index contributed by atoms with van der Waals surface area (Å²) in [6, 6.07) is 0.385. The molecular formula is C8H14BNO2. The van der Waals surface area contributed by atoms with E-state index in [1.165, 1.54) is 6.42 Å². The van der Waals surface area contributed by atoms with Crippen LogP contribution >= 0.6 is 0 Å². The number of fused-ring (bicyclic) bond motifs is 1. The molecule has 0 aromatic heterocycles. The maximum absolute atomic E-state index is 11.2. The Labute approximate surface area is 73.3 Å². The zero-order chi connectivity index (χ0) is 8.55. The first-order chi connectivity index (χ1) is 5.83. The standard InChI is InChI=1S/C8H14BNO2/c1-9-6-3-2-4-10-7(6)5-12-8(10)11/h6-7,9H,2-5H2,1H3. The molecule has 2 aliphatic rings. The van der Waals surface area contributed by atoms with Crippen LogP contribution in [-0.2, 0) is 4.74 Å². The van der Waals surface area contributed by atoms with Gasteiger partial charge in [0.2, 0.25) is 0 Å². The first-order valence-corrected chi connectivity index (χ1v) is 4.76. The summed E-state index contributed by atoms with van der Waals surface area (Å²) in [5, 5.41) is 0. The van der Waals surface area contributed by atoms with Crippen molar-refractivity contribution in [3.8, 4) is 0 Å². The molecular weight excluding hydrogens is 153 g/mol. The number of carbonyl (C=O) groups excluding carboxylic acids is 1. The van der Waals surface area contributed by atoms with Gasteiger partial charge in [0.05, 0.1) is 6.04 Å². The number of amides is 1. The van der Waals surface area contributed by atoms with Gasteiger partial charge in [0.1, 0.15) is 13.9 Å². The summed E-state index contributed by atoms with van der Waals surface area (Å²) in [4.78, 5) is 13.1. The van der Waals surface area contributed by atoms with Crippen molar-refractivity contribution in [3.05, 3.63) is 0 Å². The van der Waals surface area contributed by atoms with E-state index < -0.39 is 0 Å². The predicted octanol–water partition coefficient (Wildman–Crippen LogP) is 0.874. The third-order valence-electron chi connectivity index (χ3n) is 3.05. The van der Waals surface area contributed by atoms with Crippen molar-refractivity contribution < 1.29 is 9.53 Å². The molecule has 1 amide bonds. The van der Waals surface area contributed by atoms with Gasteiger partial charge in [-0.05, 0) is 12.2 Å². The van der Waals surface area contributed by atoms with Gasteiger partial charge in [-0.2, -0.15) is 0 Å². The molecule has 0 aliphatic carbocycles. The Kier molecular flexibility index (Phi) is 1.99. The number of carbonyl (C=O) groups is 1. The van der Waals surface area contributed by atoms with E-state index in [1.807, 2.05) is 4.90 Å². The Morgan fingerprint density at radius 2 is 2.50 bits per heavy atom. The smallest absolute Gasteiger partial charge is 0.410 e. The van der Waals surface area contributed by atoms with Gasteiger partial charge in [0.25, 0.3) is 0 Å². The van der Waals surface area contributed by atoms with Crippen LogP contribution < -0.4 is 0 Å². The maximum Gasteiger partial charge on any atom is 0.410 e. The fourth-order valence-electron chi connectivity index (χ4n) is 2.31. The van der Waals surface area contributed by atoms with Crippen LogP contribution in [0.4, 0.5) is 4.79 Å². The molecule has 0 spiro atoms. The molecule has 2 saturated heterocycles. The second kappa shape index (κ2) is 3.00. The summed E-state index contributed by atoms with van der Waals surface area (Å²) in [5.41, 5.74) is 0. The molecule has 0 aromatic rings. The van der Waals surface area contributed by atoms with Crippen molar-refractivity contribution in [3.63, 3.8) is 0 Å². The van der Waals surface area contributed by atoms with Crippen LogP contribution in [-0.4, -0.2) is 37.5 Å². The van der Waals surface area contributed by atoms with Crippen LogP contribution in [0, 0.1) is 0 Å². The topological polar surface area (TPSA) is 29.5 Å². The van der Waals surface area contributed by atoms with Gasteiger partial charge in [-0.15, -0.1) is 0 Å². The second-order valence-electron chi connectivity index (χ2n) is 3.65. The van der Waals surface area contributed by atoms with Gasteiger partial charge < -0.3 is 9.64 Å². The van der Waals surface area contributed by atoms with Crippen LogP contribution in [0.15, 0.2) is 0 Å². The molecule has 3 nitrogen and oxygen atoms in total. The third kappa shape index (κ3) is 1.10. The molecule has 66 valence electrons. The van der Waals surface area contributed by atoms with E-state index in [2.05, 4.69) is 6.82 Å². The first kappa shape index (κ1) is 7.96. The van der Waals surface area contributed by atoms with Gasteiger partial charge in [0, 0.05) is 6.54 Å². The van der Waals surface area contributed by atoms with E-state index in [0.717, 1.165) is 20.2 Å². The van der Waals surface area contributed by atoms with Gasteiger partial charge in [-0.3, -0.25) is 0 Å². The molecule has 0 radical (unpaired) electrons. The number of piperidine rings is 1. The van der Waals surface area contributed by atoms with E-state index in [1.54, 1.807) is 0 Å².